The molecular formula is C28H37N3O5. The lowest BCUT2D eigenvalue weighted by molar-refractivity contribution is -0.0648. The molecule has 1 aliphatic rings. The molecule has 0 amide bonds. The van der Waals surface area contributed by atoms with E-state index in [1.54, 1.807) is 19.6 Å². The lowest BCUT2D eigenvalue weighted by Crippen LogP contribution is -2.48. The zero-order valence-electron chi connectivity index (χ0n) is 21.7. The maximum Gasteiger partial charge on any atom is 0.161 e. The van der Waals surface area contributed by atoms with E-state index in [9.17, 15) is 5.11 Å². The molecular weight excluding hydrogens is 458 g/mol. The van der Waals surface area contributed by atoms with Crippen LogP contribution >= 0.6 is 0 Å². The van der Waals surface area contributed by atoms with Crippen molar-refractivity contribution in [1.82, 2.24) is 14.5 Å². The minimum absolute atomic E-state index is 0.167. The van der Waals surface area contributed by atoms with Gasteiger partial charge >= 0.3 is 0 Å². The standard InChI is InChI=1S/C28H37N3O5/c1-21-13-22(2)23(3)26(14-21)36-19-28(32)17-31(9-11-34-18-28)16-24-5-6-25(27(15-24)33-4)35-12-10-30-8-7-29-20-30/h5-8,13-15,20,32H,9-12,16-19H2,1-4H3. The largest absolute Gasteiger partial charge is 0.493 e. The van der Waals surface area contributed by atoms with Crippen LogP contribution < -0.4 is 14.2 Å². The zero-order valence-corrected chi connectivity index (χ0v) is 21.7. The van der Waals surface area contributed by atoms with Crippen molar-refractivity contribution in [2.45, 2.75) is 39.5 Å². The molecule has 1 N–H and O–H groups in total. The normalized spacial score (nSPS) is 18.6. The first kappa shape index (κ1) is 26.0. The summed E-state index contributed by atoms with van der Waals surface area (Å²) < 4.78 is 25.4. The fourth-order valence-electron chi connectivity index (χ4n) is 4.45. The summed E-state index contributed by atoms with van der Waals surface area (Å²) >= 11 is 0. The quantitative estimate of drug-likeness (QED) is 0.461. The molecule has 36 heavy (non-hydrogen) atoms. The smallest absolute Gasteiger partial charge is 0.161 e. The van der Waals surface area contributed by atoms with Gasteiger partial charge in [-0.1, -0.05) is 12.1 Å². The molecule has 4 rings (SSSR count). The zero-order chi connectivity index (χ0) is 25.5. The van der Waals surface area contributed by atoms with Crippen LogP contribution in [0.25, 0.3) is 0 Å². The summed E-state index contributed by atoms with van der Waals surface area (Å²) in [6.45, 7) is 10.2. The molecule has 3 aromatic rings. The Balaban J connectivity index is 1.37. The summed E-state index contributed by atoms with van der Waals surface area (Å²) in [5.41, 5.74) is 3.38. The Hall–Kier alpha value is -3.07. The Bertz CT molecular complexity index is 1130. The van der Waals surface area contributed by atoms with Crippen molar-refractivity contribution in [2.24, 2.45) is 0 Å². The van der Waals surface area contributed by atoms with Crippen LogP contribution in [0, 0.1) is 20.8 Å². The highest BCUT2D eigenvalue weighted by Crippen LogP contribution is 2.29. The first-order valence-corrected chi connectivity index (χ1v) is 12.3. The molecule has 0 aliphatic carbocycles. The Morgan fingerprint density at radius 3 is 2.72 bits per heavy atom. The van der Waals surface area contributed by atoms with E-state index in [4.69, 9.17) is 18.9 Å². The van der Waals surface area contributed by atoms with Crippen LogP contribution in [0.2, 0.25) is 0 Å². The molecule has 0 bridgehead atoms. The molecule has 0 radical (unpaired) electrons. The number of aliphatic hydroxyl groups is 1. The van der Waals surface area contributed by atoms with E-state index in [0.29, 0.717) is 44.3 Å². The molecule has 1 fully saturated rings. The Labute approximate surface area is 213 Å². The molecule has 8 nitrogen and oxygen atoms in total. The number of β-amino-alcohol motifs (C(OH)–C–C–N with tert-alkyl or cyclic N) is 1. The van der Waals surface area contributed by atoms with Gasteiger partial charge in [-0.2, -0.15) is 0 Å². The fourth-order valence-corrected chi connectivity index (χ4v) is 4.45. The number of imidazole rings is 1. The van der Waals surface area contributed by atoms with Crippen molar-refractivity contribution in [1.29, 1.82) is 0 Å². The maximum absolute atomic E-state index is 11.4. The van der Waals surface area contributed by atoms with Gasteiger partial charge in [-0.3, -0.25) is 4.90 Å². The number of aryl methyl sites for hydroxylation is 2. The SMILES string of the molecule is COc1cc(CN2CCOCC(O)(COc3cc(C)cc(C)c3C)C2)ccc1OCCn1ccnc1. The van der Waals surface area contributed by atoms with Crippen LogP contribution in [0.4, 0.5) is 0 Å². The lowest BCUT2D eigenvalue weighted by Gasteiger charge is -2.31. The molecule has 1 saturated heterocycles. The Kier molecular flexibility index (Phi) is 8.51. The van der Waals surface area contributed by atoms with Crippen LogP contribution in [0.5, 0.6) is 17.2 Å². The number of methoxy groups -OCH3 is 1. The van der Waals surface area contributed by atoms with Gasteiger partial charge in [0.2, 0.25) is 0 Å². The van der Waals surface area contributed by atoms with Crippen molar-refractivity contribution in [3.05, 3.63) is 71.3 Å². The second-order valence-electron chi connectivity index (χ2n) is 9.62. The second-order valence-corrected chi connectivity index (χ2v) is 9.62. The molecule has 1 aromatic heterocycles. The summed E-state index contributed by atoms with van der Waals surface area (Å²) in [6.07, 6.45) is 5.43. The van der Waals surface area contributed by atoms with Gasteiger partial charge in [-0.25, -0.2) is 4.98 Å². The van der Waals surface area contributed by atoms with Gasteiger partial charge in [0.15, 0.2) is 11.5 Å². The predicted octanol–water partition coefficient (Wildman–Crippen LogP) is 3.54. The summed E-state index contributed by atoms with van der Waals surface area (Å²) in [6, 6.07) is 10.1. The van der Waals surface area contributed by atoms with Crippen molar-refractivity contribution in [3.8, 4) is 17.2 Å². The highest BCUT2D eigenvalue weighted by molar-refractivity contribution is 5.43. The first-order valence-electron chi connectivity index (χ1n) is 12.3. The number of aromatic nitrogens is 2. The number of hydrogen-bond acceptors (Lipinski definition) is 7. The van der Waals surface area contributed by atoms with Crippen molar-refractivity contribution < 1.29 is 24.1 Å². The topological polar surface area (TPSA) is 78.2 Å². The Morgan fingerprint density at radius 2 is 1.94 bits per heavy atom. The molecule has 194 valence electrons. The molecule has 1 aliphatic heterocycles. The fraction of sp³-hybridized carbons (Fsp3) is 0.464. The van der Waals surface area contributed by atoms with E-state index in [1.165, 1.54) is 5.56 Å². The van der Waals surface area contributed by atoms with Crippen LogP contribution in [0.15, 0.2) is 49.1 Å². The van der Waals surface area contributed by atoms with Crippen molar-refractivity contribution >= 4 is 0 Å². The van der Waals surface area contributed by atoms with Gasteiger partial charge < -0.3 is 28.6 Å². The highest BCUT2D eigenvalue weighted by Gasteiger charge is 2.34. The molecule has 2 heterocycles. The van der Waals surface area contributed by atoms with Crippen LogP contribution in [-0.2, 0) is 17.8 Å². The molecule has 0 spiro atoms. The summed E-state index contributed by atoms with van der Waals surface area (Å²) in [5.74, 6) is 2.20. The minimum atomic E-state index is -1.11. The highest BCUT2D eigenvalue weighted by atomic mass is 16.5. The van der Waals surface area contributed by atoms with E-state index in [1.807, 2.05) is 42.0 Å². The van der Waals surface area contributed by atoms with Gasteiger partial charge in [0, 0.05) is 32.0 Å². The van der Waals surface area contributed by atoms with Crippen LogP contribution in [0.1, 0.15) is 22.3 Å². The average Bonchev–Trinajstić information content (AvgIpc) is 3.30. The van der Waals surface area contributed by atoms with Gasteiger partial charge in [0.25, 0.3) is 0 Å². The molecule has 1 atom stereocenters. The monoisotopic (exact) mass is 495 g/mol. The number of rotatable bonds is 10. The van der Waals surface area contributed by atoms with E-state index in [-0.39, 0.29) is 13.2 Å². The van der Waals surface area contributed by atoms with E-state index in [0.717, 1.165) is 29.0 Å². The Morgan fingerprint density at radius 1 is 1.08 bits per heavy atom. The van der Waals surface area contributed by atoms with Crippen molar-refractivity contribution in [3.63, 3.8) is 0 Å². The number of hydrogen-bond donors (Lipinski definition) is 1. The van der Waals surface area contributed by atoms with Crippen LogP contribution in [0.3, 0.4) is 0 Å². The van der Waals surface area contributed by atoms with Crippen LogP contribution in [-0.4, -0.2) is 71.8 Å². The van der Waals surface area contributed by atoms with Gasteiger partial charge in [0.1, 0.15) is 24.6 Å². The maximum atomic E-state index is 11.4. The third-order valence-electron chi connectivity index (χ3n) is 6.50. The molecule has 1 unspecified atom stereocenters. The summed E-state index contributed by atoms with van der Waals surface area (Å²) in [4.78, 5) is 6.24. The predicted molar refractivity (Wildman–Crippen MR) is 138 cm³/mol. The third-order valence-corrected chi connectivity index (χ3v) is 6.50. The second kappa shape index (κ2) is 11.8. The average molecular weight is 496 g/mol. The molecule has 2 aromatic carbocycles. The van der Waals surface area contributed by atoms with E-state index < -0.39 is 5.60 Å². The van der Waals surface area contributed by atoms with E-state index in [2.05, 4.69) is 29.8 Å². The van der Waals surface area contributed by atoms with Gasteiger partial charge in [-0.05, 0) is 61.2 Å². The van der Waals surface area contributed by atoms with Gasteiger partial charge in [0.05, 0.1) is 33.2 Å². The van der Waals surface area contributed by atoms with E-state index >= 15 is 0 Å². The first-order chi connectivity index (χ1) is 17.3. The molecule has 0 saturated carbocycles. The molecule has 8 heteroatoms. The summed E-state index contributed by atoms with van der Waals surface area (Å²) in [7, 11) is 1.65. The number of ether oxygens (including phenoxy) is 4. The summed E-state index contributed by atoms with van der Waals surface area (Å²) in [5, 5.41) is 11.4. The minimum Gasteiger partial charge on any atom is -0.493 e. The third kappa shape index (κ3) is 6.78. The number of nitrogens with zero attached hydrogens (tertiary/aromatic N) is 3. The number of benzene rings is 2. The van der Waals surface area contributed by atoms with Gasteiger partial charge in [-0.15, -0.1) is 0 Å². The van der Waals surface area contributed by atoms with Crippen molar-refractivity contribution in [2.75, 3.05) is 46.6 Å². The lowest BCUT2D eigenvalue weighted by atomic mass is 10.0.